The minimum Gasteiger partial charge on any atom is -0.481 e. The van der Waals surface area contributed by atoms with Crippen molar-refractivity contribution in [1.82, 2.24) is 15.3 Å². The van der Waals surface area contributed by atoms with Crippen molar-refractivity contribution in [3.05, 3.63) is 18.1 Å². The van der Waals surface area contributed by atoms with Crippen LogP contribution in [-0.4, -0.2) is 34.8 Å². The lowest BCUT2D eigenvalue weighted by atomic mass is 9.80. The van der Waals surface area contributed by atoms with E-state index in [4.69, 9.17) is 9.47 Å². The lowest BCUT2D eigenvalue weighted by Gasteiger charge is -2.33. The van der Waals surface area contributed by atoms with Crippen LogP contribution in [0.2, 0.25) is 0 Å². The van der Waals surface area contributed by atoms with E-state index in [1.807, 2.05) is 6.07 Å². The van der Waals surface area contributed by atoms with Crippen LogP contribution in [0.3, 0.4) is 0 Å². The fraction of sp³-hybridized carbons (Fsp3) is 0.750. The number of ether oxygens (including phenoxy) is 2. The number of aromatic nitrogens is 2. The predicted molar refractivity (Wildman–Crippen MR) is 82.4 cm³/mol. The van der Waals surface area contributed by atoms with Crippen molar-refractivity contribution >= 4 is 0 Å². The van der Waals surface area contributed by atoms with Crippen LogP contribution in [0, 0.1) is 5.92 Å². The molecule has 2 unspecified atom stereocenters. The molecule has 1 aromatic heterocycles. The number of methoxy groups -OCH3 is 1. The van der Waals surface area contributed by atoms with Gasteiger partial charge in [-0.15, -0.1) is 0 Å². The van der Waals surface area contributed by atoms with Gasteiger partial charge in [0.2, 0.25) is 5.88 Å². The summed E-state index contributed by atoms with van der Waals surface area (Å²) in [5.74, 6) is 0.936. The molecule has 0 spiro atoms. The zero-order valence-electron chi connectivity index (χ0n) is 13.9. The lowest BCUT2D eigenvalue weighted by Crippen LogP contribution is -2.39. The van der Waals surface area contributed by atoms with Gasteiger partial charge in [-0.05, 0) is 40.7 Å². The normalized spacial score (nSPS) is 24.8. The van der Waals surface area contributed by atoms with Crippen LogP contribution in [-0.2, 0) is 4.74 Å². The van der Waals surface area contributed by atoms with Crippen LogP contribution >= 0.6 is 0 Å². The quantitative estimate of drug-likeness (QED) is 0.904. The van der Waals surface area contributed by atoms with Crippen molar-refractivity contribution in [1.29, 1.82) is 0 Å². The van der Waals surface area contributed by atoms with Crippen molar-refractivity contribution in [2.24, 2.45) is 5.92 Å². The Hall–Kier alpha value is -1.20. The molecular formula is C16H27N3O2. The zero-order chi connectivity index (χ0) is 15.7. The van der Waals surface area contributed by atoms with Crippen molar-refractivity contribution in [2.45, 2.75) is 58.3 Å². The summed E-state index contributed by atoms with van der Waals surface area (Å²) >= 11 is 0. The summed E-state index contributed by atoms with van der Waals surface area (Å²) in [4.78, 5) is 8.55. The minimum absolute atomic E-state index is 0.112. The first-order valence-corrected chi connectivity index (χ1v) is 7.58. The molecule has 0 aromatic carbocycles. The van der Waals surface area contributed by atoms with E-state index < -0.39 is 0 Å². The summed E-state index contributed by atoms with van der Waals surface area (Å²) in [6, 6.07) is 2.04. The molecule has 1 saturated heterocycles. The molecule has 1 N–H and O–H groups in total. The Bertz CT molecular complexity index is 488. The molecule has 21 heavy (non-hydrogen) atoms. The second kappa shape index (κ2) is 5.89. The first-order valence-electron chi connectivity index (χ1n) is 7.58. The van der Waals surface area contributed by atoms with Crippen molar-refractivity contribution in [3.8, 4) is 5.88 Å². The van der Waals surface area contributed by atoms with Gasteiger partial charge in [-0.1, -0.05) is 6.92 Å². The molecule has 0 bridgehead atoms. The monoisotopic (exact) mass is 293 g/mol. The third-order valence-corrected chi connectivity index (χ3v) is 4.16. The highest BCUT2D eigenvalue weighted by Gasteiger charge is 2.49. The van der Waals surface area contributed by atoms with Gasteiger partial charge < -0.3 is 14.8 Å². The fourth-order valence-electron chi connectivity index (χ4n) is 3.43. The van der Waals surface area contributed by atoms with Gasteiger partial charge in [0.1, 0.15) is 6.33 Å². The molecule has 1 aliphatic heterocycles. The summed E-state index contributed by atoms with van der Waals surface area (Å²) in [5.41, 5.74) is 0.649. The summed E-state index contributed by atoms with van der Waals surface area (Å²) in [7, 11) is 1.63. The molecule has 2 rings (SSSR count). The third kappa shape index (κ3) is 3.52. The Morgan fingerprint density at radius 2 is 2.10 bits per heavy atom. The van der Waals surface area contributed by atoms with E-state index in [0.29, 0.717) is 11.8 Å². The van der Waals surface area contributed by atoms with Crippen LogP contribution in [0.25, 0.3) is 0 Å². The van der Waals surface area contributed by atoms with Gasteiger partial charge in [0.25, 0.3) is 0 Å². The van der Waals surface area contributed by atoms with Crippen LogP contribution in [0.15, 0.2) is 12.4 Å². The van der Waals surface area contributed by atoms with Crippen molar-refractivity contribution in [3.63, 3.8) is 0 Å². The maximum atomic E-state index is 6.24. The SMILES string of the molecule is CCNC(c1cc(OC)ncn1)C1CC(C)(C)OC1(C)C. The standard InChI is InChI=1S/C16H27N3O2/c1-7-17-14(12-8-13(20-6)19-10-18-12)11-9-15(2,3)21-16(11,4)5/h8,10-11,14,17H,7,9H2,1-6H3. The van der Waals surface area contributed by atoms with E-state index in [1.54, 1.807) is 13.4 Å². The van der Waals surface area contributed by atoms with Gasteiger partial charge in [0.15, 0.2) is 0 Å². The summed E-state index contributed by atoms with van der Waals surface area (Å²) in [6.45, 7) is 11.6. The van der Waals surface area contributed by atoms with E-state index in [-0.39, 0.29) is 17.2 Å². The van der Waals surface area contributed by atoms with E-state index in [0.717, 1.165) is 18.7 Å². The number of rotatable bonds is 5. The van der Waals surface area contributed by atoms with Gasteiger partial charge in [-0.25, -0.2) is 9.97 Å². The second-order valence-electron chi connectivity index (χ2n) is 6.80. The lowest BCUT2D eigenvalue weighted by molar-refractivity contribution is -0.0779. The largest absolute Gasteiger partial charge is 0.481 e. The predicted octanol–water partition coefficient (Wildman–Crippen LogP) is 2.73. The molecule has 0 amide bonds. The number of nitrogens with one attached hydrogen (secondary N) is 1. The third-order valence-electron chi connectivity index (χ3n) is 4.16. The van der Waals surface area contributed by atoms with Crippen LogP contribution in [0.4, 0.5) is 0 Å². The summed E-state index contributed by atoms with van der Waals surface area (Å²) in [6.07, 6.45) is 2.55. The first-order chi connectivity index (χ1) is 9.79. The average molecular weight is 293 g/mol. The summed E-state index contributed by atoms with van der Waals surface area (Å²) < 4.78 is 11.5. The molecule has 1 fully saturated rings. The molecule has 0 aliphatic carbocycles. The topological polar surface area (TPSA) is 56.3 Å². The molecule has 0 saturated carbocycles. The van der Waals surface area contributed by atoms with Gasteiger partial charge in [0.05, 0.1) is 30.0 Å². The molecule has 2 heterocycles. The molecule has 2 atom stereocenters. The van der Waals surface area contributed by atoms with Crippen molar-refractivity contribution in [2.75, 3.05) is 13.7 Å². The van der Waals surface area contributed by atoms with Crippen LogP contribution in [0.5, 0.6) is 5.88 Å². The summed E-state index contributed by atoms with van der Waals surface area (Å²) in [5, 5.41) is 3.56. The molecule has 0 radical (unpaired) electrons. The van der Waals surface area contributed by atoms with E-state index in [9.17, 15) is 0 Å². The number of hydrogen-bond acceptors (Lipinski definition) is 5. The maximum absolute atomic E-state index is 6.24. The van der Waals surface area contributed by atoms with Gasteiger partial charge in [-0.2, -0.15) is 0 Å². The highest BCUT2D eigenvalue weighted by atomic mass is 16.5. The maximum Gasteiger partial charge on any atom is 0.216 e. The molecule has 1 aromatic rings. The van der Waals surface area contributed by atoms with Gasteiger partial charge in [0, 0.05) is 12.0 Å². The Kier molecular flexibility index (Phi) is 4.54. The molecular weight excluding hydrogens is 266 g/mol. The van der Waals surface area contributed by atoms with E-state index >= 15 is 0 Å². The minimum atomic E-state index is -0.200. The zero-order valence-corrected chi connectivity index (χ0v) is 13.9. The fourth-order valence-corrected chi connectivity index (χ4v) is 3.43. The highest BCUT2D eigenvalue weighted by Crippen LogP contribution is 2.47. The van der Waals surface area contributed by atoms with Crippen molar-refractivity contribution < 1.29 is 9.47 Å². The second-order valence-corrected chi connectivity index (χ2v) is 6.80. The Labute approximate surface area is 127 Å². The molecule has 1 aliphatic rings. The Morgan fingerprint density at radius 1 is 1.38 bits per heavy atom. The molecule has 118 valence electrons. The van der Waals surface area contributed by atoms with Gasteiger partial charge >= 0.3 is 0 Å². The van der Waals surface area contributed by atoms with E-state index in [1.165, 1.54) is 0 Å². The molecule has 5 nitrogen and oxygen atoms in total. The highest BCUT2D eigenvalue weighted by molar-refractivity contribution is 5.19. The van der Waals surface area contributed by atoms with Gasteiger partial charge in [-0.3, -0.25) is 0 Å². The smallest absolute Gasteiger partial charge is 0.216 e. The number of nitrogens with zero attached hydrogens (tertiary/aromatic N) is 2. The average Bonchev–Trinajstić information content (AvgIpc) is 2.63. The van der Waals surface area contributed by atoms with E-state index in [2.05, 4.69) is 49.9 Å². The Morgan fingerprint density at radius 3 is 2.62 bits per heavy atom. The Balaban J connectivity index is 2.34. The first kappa shape index (κ1) is 16.2. The molecule has 5 heteroatoms. The number of hydrogen-bond donors (Lipinski definition) is 1. The van der Waals surface area contributed by atoms with Crippen LogP contribution < -0.4 is 10.1 Å². The van der Waals surface area contributed by atoms with Crippen LogP contribution in [0.1, 0.15) is 52.8 Å².